The van der Waals surface area contributed by atoms with Crippen molar-refractivity contribution >= 4 is 5.91 Å². The molecule has 2 heterocycles. The van der Waals surface area contributed by atoms with Gasteiger partial charge in [-0.1, -0.05) is 36.4 Å². The van der Waals surface area contributed by atoms with Crippen LogP contribution in [0, 0.1) is 5.92 Å². The molecule has 0 radical (unpaired) electrons. The zero-order chi connectivity index (χ0) is 17.5. The highest BCUT2D eigenvalue weighted by atomic mass is 16.5. The van der Waals surface area contributed by atoms with Gasteiger partial charge in [-0.25, -0.2) is 0 Å². The number of aromatic nitrogens is 1. The molecule has 0 aliphatic carbocycles. The summed E-state index contributed by atoms with van der Waals surface area (Å²) in [4.78, 5) is 18.8. The molecule has 2 atom stereocenters. The molecule has 3 rings (SSSR count). The minimum Gasteiger partial charge on any atom is -0.381 e. The van der Waals surface area contributed by atoms with Gasteiger partial charge in [0, 0.05) is 44.9 Å². The predicted octanol–water partition coefficient (Wildman–Crippen LogP) is 3.12. The summed E-state index contributed by atoms with van der Waals surface area (Å²) in [5.74, 6) is 0.583. The summed E-state index contributed by atoms with van der Waals surface area (Å²) in [7, 11) is 1.78. The molecule has 1 amide bonds. The van der Waals surface area contributed by atoms with Crippen molar-refractivity contribution in [3.05, 3.63) is 66.0 Å². The SMILES string of the molecule is CO[C@@H]1CCN(C(=O)CCc2cccnc2)C[C@H]1Cc1ccccc1. The summed E-state index contributed by atoms with van der Waals surface area (Å²) in [5, 5.41) is 0. The molecule has 2 aromatic rings. The molecule has 4 nitrogen and oxygen atoms in total. The highest BCUT2D eigenvalue weighted by molar-refractivity contribution is 5.76. The van der Waals surface area contributed by atoms with E-state index in [9.17, 15) is 4.79 Å². The van der Waals surface area contributed by atoms with Gasteiger partial charge < -0.3 is 9.64 Å². The fraction of sp³-hybridized carbons (Fsp3) is 0.429. The standard InChI is InChI=1S/C21H26N2O2/c1-25-20-11-13-23(16-19(20)14-17-6-3-2-4-7-17)21(24)10-9-18-8-5-12-22-15-18/h2-8,12,15,19-20H,9-11,13-14,16H2,1H3/t19-,20-/m1/s1. The Morgan fingerprint density at radius 2 is 2.00 bits per heavy atom. The van der Waals surface area contributed by atoms with E-state index in [1.807, 2.05) is 29.3 Å². The van der Waals surface area contributed by atoms with Crippen LogP contribution in [-0.2, 0) is 22.4 Å². The molecule has 1 aromatic heterocycles. The van der Waals surface area contributed by atoms with E-state index >= 15 is 0 Å². The Morgan fingerprint density at radius 1 is 1.20 bits per heavy atom. The molecule has 4 heteroatoms. The van der Waals surface area contributed by atoms with Crippen LogP contribution in [0.2, 0.25) is 0 Å². The number of carbonyl (C=O) groups excluding carboxylic acids is 1. The molecule has 1 aliphatic heterocycles. The van der Waals surface area contributed by atoms with Crippen molar-refractivity contribution in [1.29, 1.82) is 0 Å². The summed E-state index contributed by atoms with van der Waals surface area (Å²) in [6.07, 6.45) is 6.97. The van der Waals surface area contributed by atoms with Gasteiger partial charge in [0.25, 0.3) is 0 Å². The maximum atomic E-state index is 12.6. The van der Waals surface area contributed by atoms with Gasteiger partial charge in [0.15, 0.2) is 0 Å². The maximum absolute atomic E-state index is 12.6. The molecule has 0 N–H and O–H groups in total. The lowest BCUT2D eigenvalue weighted by Gasteiger charge is -2.38. The lowest BCUT2D eigenvalue weighted by Crippen LogP contribution is -2.47. The van der Waals surface area contributed by atoms with Crippen molar-refractivity contribution in [1.82, 2.24) is 9.88 Å². The molecule has 25 heavy (non-hydrogen) atoms. The summed E-state index contributed by atoms with van der Waals surface area (Å²) in [5.41, 5.74) is 2.42. The fourth-order valence-corrected chi connectivity index (χ4v) is 3.62. The van der Waals surface area contributed by atoms with E-state index in [1.54, 1.807) is 13.3 Å². The lowest BCUT2D eigenvalue weighted by molar-refractivity contribution is -0.135. The van der Waals surface area contributed by atoms with Gasteiger partial charge >= 0.3 is 0 Å². The number of rotatable bonds is 6. The molecule has 1 aliphatic rings. The van der Waals surface area contributed by atoms with E-state index in [0.717, 1.165) is 37.9 Å². The van der Waals surface area contributed by atoms with Crippen molar-refractivity contribution in [2.24, 2.45) is 5.92 Å². The number of hydrogen-bond donors (Lipinski definition) is 0. The van der Waals surface area contributed by atoms with Crippen molar-refractivity contribution in [3.8, 4) is 0 Å². The molecular formula is C21H26N2O2. The summed E-state index contributed by atoms with van der Waals surface area (Å²) < 4.78 is 5.69. The average Bonchev–Trinajstić information content (AvgIpc) is 2.67. The molecule has 132 valence electrons. The first-order valence-electron chi connectivity index (χ1n) is 8.99. The number of nitrogens with zero attached hydrogens (tertiary/aromatic N) is 2. The van der Waals surface area contributed by atoms with E-state index in [2.05, 4.69) is 29.2 Å². The average molecular weight is 338 g/mol. The molecule has 0 bridgehead atoms. The molecule has 1 fully saturated rings. The Balaban J connectivity index is 1.58. The maximum Gasteiger partial charge on any atom is 0.222 e. The van der Waals surface area contributed by atoms with E-state index in [4.69, 9.17) is 4.74 Å². The smallest absolute Gasteiger partial charge is 0.222 e. The predicted molar refractivity (Wildman–Crippen MR) is 98.2 cm³/mol. The topological polar surface area (TPSA) is 42.4 Å². The van der Waals surface area contributed by atoms with Crippen LogP contribution in [0.1, 0.15) is 24.0 Å². The second-order valence-corrected chi connectivity index (χ2v) is 6.71. The monoisotopic (exact) mass is 338 g/mol. The largest absolute Gasteiger partial charge is 0.381 e. The third kappa shape index (κ3) is 4.89. The number of likely N-dealkylation sites (tertiary alicyclic amines) is 1. The van der Waals surface area contributed by atoms with Gasteiger partial charge in [-0.05, 0) is 36.5 Å². The summed E-state index contributed by atoms with van der Waals surface area (Å²) in [6, 6.07) is 14.4. The molecule has 0 saturated carbocycles. The first kappa shape index (κ1) is 17.6. The highest BCUT2D eigenvalue weighted by Gasteiger charge is 2.31. The van der Waals surface area contributed by atoms with Crippen LogP contribution in [0.5, 0.6) is 0 Å². The third-order valence-electron chi connectivity index (χ3n) is 5.01. The van der Waals surface area contributed by atoms with Gasteiger partial charge in [0.1, 0.15) is 0 Å². The number of piperidine rings is 1. The minimum atomic E-state index is 0.225. The van der Waals surface area contributed by atoms with Crippen LogP contribution in [-0.4, -0.2) is 42.1 Å². The zero-order valence-corrected chi connectivity index (χ0v) is 14.8. The first-order chi connectivity index (χ1) is 12.3. The Hall–Kier alpha value is -2.20. The number of pyridine rings is 1. The van der Waals surface area contributed by atoms with Crippen LogP contribution < -0.4 is 0 Å². The minimum absolute atomic E-state index is 0.225. The quantitative estimate of drug-likeness (QED) is 0.813. The van der Waals surface area contributed by atoms with Crippen molar-refractivity contribution < 1.29 is 9.53 Å². The van der Waals surface area contributed by atoms with Gasteiger partial charge in [0.2, 0.25) is 5.91 Å². The van der Waals surface area contributed by atoms with E-state index in [1.165, 1.54) is 5.56 Å². The van der Waals surface area contributed by atoms with Crippen molar-refractivity contribution in [2.75, 3.05) is 20.2 Å². The number of aryl methyl sites for hydroxylation is 1. The molecule has 1 saturated heterocycles. The molecule has 1 aromatic carbocycles. The van der Waals surface area contributed by atoms with Crippen LogP contribution in [0.25, 0.3) is 0 Å². The third-order valence-corrected chi connectivity index (χ3v) is 5.01. The number of hydrogen-bond acceptors (Lipinski definition) is 3. The Morgan fingerprint density at radius 3 is 2.72 bits per heavy atom. The molecule has 0 spiro atoms. The van der Waals surface area contributed by atoms with Gasteiger partial charge in [-0.3, -0.25) is 9.78 Å². The van der Waals surface area contributed by atoms with E-state index in [-0.39, 0.29) is 12.0 Å². The summed E-state index contributed by atoms with van der Waals surface area (Å²) in [6.45, 7) is 1.56. The zero-order valence-electron chi connectivity index (χ0n) is 14.8. The van der Waals surface area contributed by atoms with Gasteiger partial charge in [-0.2, -0.15) is 0 Å². The van der Waals surface area contributed by atoms with Crippen molar-refractivity contribution in [2.45, 2.75) is 31.8 Å². The number of ether oxygens (including phenoxy) is 1. The normalized spacial score (nSPS) is 20.4. The number of methoxy groups -OCH3 is 1. The lowest BCUT2D eigenvalue weighted by atomic mass is 9.88. The Labute approximate surface area is 149 Å². The highest BCUT2D eigenvalue weighted by Crippen LogP contribution is 2.24. The van der Waals surface area contributed by atoms with Crippen LogP contribution in [0.4, 0.5) is 0 Å². The second-order valence-electron chi connectivity index (χ2n) is 6.71. The summed E-state index contributed by atoms with van der Waals surface area (Å²) >= 11 is 0. The van der Waals surface area contributed by atoms with Gasteiger partial charge in [-0.15, -0.1) is 0 Å². The van der Waals surface area contributed by atoms with E-state index in [0.29, 0.717) is 12.3 Å². The number of carbonyl (C=O) groups is 1. The van der Waals surface area contributed by atoms with Crippen LogP contribution >= 0.6 is 0 Å². The first-order valence-corrected chi connectivity index (χ1v) is 8.99. The second kappa shape index (κ2) is 8.77. The fourth-order valence-electron chi connectivity index (χ4n) is 3.62. The Bertz CT molecular complexity index is 660. The van der Waals surface area contributed by atoms with Crippen LogP contribution in [0.15, 0.2) is 54.9 Å². The van der Waals surface area contributed by atoms with E-state index < -0.39 is 0 Å². The Kier molecular flexibility index (Phi) is 6.18. The molecule has 0 unspecified atom stereocenters. The van der Waals surface area contributed by atoms with Crippen molar-refractivity contribution in [3.63, 3.8) is 0 Å². The number of amides is 1. The molecular weight excluding hydrogens is 312 g/mol. The van der Waals surface area contributed by atoms with Gasteiger partial charge in [0.05, 0.1) is 6.10 Å². The van der Waals surface area contributed by atoms with Crippen LogP contribution in [0.3, 0.4) is 0 Å². The number of benzene rings is 1.